The smallest absolute Gasteiger partial charge is 0.370 e. The zero-order chi connectivity index (χ0) is 30.1. The quantitative estimate of drug-likeness (QED) is 0.228. The molecule has 0 fully saturated rings. The van der Waals surface area contributed by atoms with Crippen molar-refractivity contribution in [1.29, 1.82) is 0 Å². The van der Waals surface area contributed by atoms with E-state index in [0.717, 1.165) is 15.6 Å². The zero-order valence-electron chi connectivity index (χ0n) is 22.0. The van der Waals surface area contributed by atoms with Crippen molar-refractivity contribution in [1.82, 2.24) is 24.2 Å². The van der Waals surface area contributed by atoms with Crippen LogP contribution in [-0.2, 0) is 27.8 Å². The number of hydrogen-bond donors (Lipinski definition) is 2. The van der Waals surface area contributed by atoms with Crippen molar-refractivity contribution in [3.05, 3.63) is 75.4 Å². The summed E-state index contributed by atoms with van der Waals surface area (Å²) in [6, 6.07) is 13.6. The Morgan fingerprint density at radius 2 is 1.83 bits per heavy atom. The average molecular weight is 686 g/mol. The van der Waals surface area contributed by atoms with Gasteiger partial charge in [0.25, 0.3) is 0 Å². The first-order valence-electron chi connectivity index (χ1n) is 12.9. The van der Waals surface area contributed by atoms with E-state index in [1.54, 1.807) is 22.8 Å². The third kappa shape index (κ3) is 6.56. The number of sulfonamides is 1. The van der Waals surface area contributed by atoms with Crippen LogP contribution in [0.4, 0.5) is 19.0 Å². The van der Waals surface area contributed by atoms with E-state index in [0.29, 0.717) is 52.0 Å². The predicted molar refractivity (Wildman–Crippen MR) is 156 cm³/mol. The maximum Gasteiger partial charge on any atom is 0.471 e. The summed E-state index contributed by atoms with van der Waals surface area (Å²) < 4.78 is 69.2. The number of benzene rings is 2. The molecule has 0 bridgehead atoms. The second-order valence-electron chi connectivity index (χ2n) is 9.67. The van der Waals surface area contributed by atoms with E-state index < -0.39 is 22.1 Å². The van der Waals surface area contributed by atoms with Gasteiger partial charge >= 0.3 is 12.1 Å². The summed E-state index contributed by atoms with van der Waals surface area (Å²) in [5, 5.41) is 8.25. The summed E-state index contributed by atoms with van der Waals surface area (Å²) >= 11 is 9.85. The van der Waals surface area contributed by atoms with Crippen LogP contribution in [0.3, 0.4) is 0 Å². The van der Waals surface area contributed by atoms with E-state index in [-0.39, 0.29) is 31.0 Å². The number of nitrogens with zero attached hydrogens (tertiary/aromatic N) is 4. The van der Waals surface area contributed by atoms with Gasteiger partial charge in [-0.25, -0.2) is 18.1 Å². The van der Waals surface area contributed by atoms with Gasteiger partial charge in [-0.05, 0) is 64.5 Å². The number of unbranched alkanes of at least 4 members (excludes halogenated alkanes) is 1. The van der Waals surface area contributed by atoms with Crippen LogP contribution < -0.4 is 10.0 Å². The molecule has 2 aromatic heterocycles. The lowest BCUT2D eigenvalue weighted by molar-refractivity contribution is -0.186. The molecule has 0 saturated carbocycles. The highest BCUT2D eigenvalue weighted by Gasteiger charge is 2.43. The van der Waals surface area contributed by atoms with Gasteiger partial charge in [-0.15, -0.1) is 0 Å². The van der Waals surface area contributed by atoms with Crippen molar-refractivity contribution in [2.45, 2.75) is 36.9 Å². The van der Waals surface area contributed by atoms with Crippen molar-refractivity contribution in [2.24, 2.45) is 0 Å². The van der Waals surface area contributed by atoms with Gasteiger partial charge in [0.05, 0.1) is 21.3 Å². The molecule has 1 aliphatic rings. The molecule has 3 heterocycles. The SMILES string of the molecule is O=C(N1CCc2ccc(S(=O)(=O)NCCCCNc3cc(-c4ccccc4Cl)nc4c(Br)cnn34)cc2C1)C(F)(F)F. The van der Waals surface area contributed by atoms with E-state index in [4.69, 9.17) is 11.6 Å². The molecule has 0 spiro atoms. The number of carbonyl (C=O) groups is 1. The molecule has 0 unspecified atom stereocenters. The molecular formula is C27H25BrClF3N6O3S. The Balaban J connectivity index is 1.18. The topological polar surface area (TPSA) is 109 Å². The lowest BCUT2D eigenvalue weighted by Gasteiger charge is -2.29. The Morgan fingerprint density at radius 3 is 2.60 bits per heavy atom. The van der Waals surface area contributed by atoms with Crippen molar-refractivity contribution in [3.8, 4) is 11.3 Å². The molecule has 0 aliphatic carbocycles. The first-order valence-corrected chi connectivity index (χ1v) is 15.6. The molecule has 15 heteroatoms. The van der Waals surface area contributed by atoms with Crippen molar-refractivity contribution in [2.75, 3.05) is 25.0 Å². The van der Waals surface area contributed by atoms with Gasteiger partial charge in [-0.1, -0.05) is 35.9 Å². The van der Waals surface area contributed by atoms with Crippen LogP contribution in [0.1, 0.15) is 24.0 Å². The molecule has 2 N–H and O–H groups in total. The fraction of sp³-hybridized carbons (Fsp3) is 0.296. The molecular weight excluding hydrogens is 661 g/mol. The van der Waals surface area contributed by atoms with E-state index >= 15 is 0 Å². The molecule has 0 atom stereocenters. The highest BCUT2D eigenvalue weighted by atomic mass is 79.9. The maximum atomic E-state index is 12.9. The van der Waals surface area contributed by atoms with Gasteiger partial charge < -0.3 is 10.2 Å². The highest BCUT2D eigenvalue weighted by molar-refractivity contribution is 9.10. The monoisotopic (exact) mass is 684 g/mol. The summed E-state index contributed by atoms with van der Waals surface area (Å²) in [6.45, 7) is 0.301. The van der Waals surface area contributed by atoms with Gasteiger partial charge in [0.15, 0.2) is 5.65 Å². The predicted octanol–water partition coefficient (Wildman–Crippen LogP) is 5.43. The van der Waals surface area contributed by atoms with E-state index in [1.807, 2.05) is 24.3 Å². The fourth-order valence-electron chi connectivity index (χ4n) is 4.68. The van der Waals surface area contributed by atoms with Crippen LogP contribution in [0, 0.1) is 0 Å². The molecule has 4 aromatic rings. The van der Waals surface area contributed by atoms with Crippen molar-refractivity contribution < 1.29 is 26.4 Å². The van der Waals surface area contributed by atoms with Gasteiger partial charge in [0, 0.05) is 42.8 Å². The van der Waals surface area contributed by atoms with Gasteiger partial charge in [0.1, 0.15) is 5.82 Å². The number of amides is 1. The van der Waals surface area contributed by atoms with E-state index in [2.05, 4.69) is 36.1 Å². The molecule has 2 aromatic carbocycles. The molecule has 222 valence electrons. The highest BCUT2D eigenvalue weighted by Crippen LogP contribution is 2.30. The number of nitrogens with one attached hydrogen (secondary N) is 2. The molecule has 1 amide bonds. The minimum absolute atomic E-state index is 0.0591. The van der Waals surface area contributed by atoms with Crippen LogP contribution in [0.2, 0.25) is 5.02 Å². The first kappa shape index (κ1) is 30.3. The molecule has 42 heavy (non-hydrogen) atoms. The summed E-state index contributed by atoms with van der Waals surface area (Å²) in [7, 11) is -3.90. The summed E-state index contributed by atoms with van der Waals surface area (Å²) in [5.74, 6) is -1.24. The lowest BCUT2D eigenvalue weighted by Crippen LogP contribution is -2.43. The third-order valence-corrected chi connectivity index (χ3v) is 9.16. The molecule has 5 rings (SSSR count). The van der Waals surface area contributed by atoms with Gasteiger partial charge in [-0.2, -0.15) is 22.8 Å². The maximum absolute atomic E-state index is 12.9. The van der Waals surface area contributed by atoms with E-state index in [9.17, 15) is 26.4 Å². The van der Waals surface area contributed by atoms with Crippen molar-refractivity contribution in [3.63, 3.8) is 0 Å². The minimum atomic E-state index is -4.98. The summed E-state index contributed by atoms with van der Waals surface area (Å²) in [4.78, 5) is 16.9. The second-order valence-corrected chi connectivity index (χ2v) is 12.7. The Bertz CT molecular complexity index is 1750. The number of aromatic nitrogens is 3. The first-order chi connectivity index (χ1) is 19.9. The normalized spacial score (nSPS) is 13.8. The van der Waals surface area contributed by atoms with Gasteiger partial charge in [-0.3, -0.25) is 4.79 Å². The standard InChI is InChI=1S/C27H25BrClF3N6O3S/c28-21-15-34-38-24(14-23(36-25(21)38)20-5-1-2-6-22(20)29)33-10-3-4-11-35-42(40,41)19-8-7-17-9-12-37(16-18(17)13-19)26(39)27(30,31)32/h1-2,5-8,13-15,33,35H,3-4,9-12,16H2. The summed E-state index contributed by atoms with van der Waals surface area (Å²) in [6.07, 6.45) is -1.98. The van der Waals surface area contributed by atoms with Crippen LogP contribution in [0.25, 0.3) is 16.9 Å². The van der Waals surface area contributed by atoms with Crippen LogP contribution in [0.5, 0.6) is 0 Å². The van der Waals surface area contributed by atoms with Gasteiger partial charge in [0.2, 0.25) is 10.0 Å². The summed E-state index contributed by atoms with van der Waals surface area (Å²) in [5.41, 5.74) is 3.16. The Morgan fingerprint density at radius 1 is 1.07 bits per heavy atom. The Labute approximate surface area is 253 Å². The van der Waals surface area contributed by atoms with Crippen LogP contribution in [-0.4, -0.2) is 59.6 Å². The molecule has 0 saturated heterocycles. The fourth-order valence-corrected chi connectivity index (χ4v) is 6.38. The minimum Gasteiger partial charge on any atom is -0.370 e. The Hall–Kier alpha value is -3.20. The van der Waals surface area contributed by atoms with Crippen LogP contribution >= 0.6 is 27.5 Å². The average Bonchev–Trinajstić information content (AvgIpc) is 3.34. The largest absolute Gasteiger partial charge is 0.471 e. The lowest BCUT2D eigenvalue weighted by atomic mass is 10.00. The third-order valence-electron chi connectivity index (χ3n) is 6.81. The number of rotatable bonds is 9. The zero-order valence-corrected chi connectivity index (χ0v) is 25.1. The van der Waals surface area contributed by atoms with Crippen molar-refractivity contribution >= 4 is 54.9 Å². The number of hydrogen-bond acceptors (Lipinski definition) is 6. The molecule has 1 aliphatic heterocycles. The number of carbonyl (C=O) groups excluding carboxylic acids is 1. The molecule has 0 radical (unpaired) electrons. The number of alkyl halides is 3. The number of anilines is 1. The number of fused-ring (bicyclic) bond motifs is 2. The molecule has 9 nitrogen and oxygen atoms in total. The second kappa shape index (κ2) is 12.2. The van der Waals surface area contributed by atoms with E-state index in [1.165, 1.54) is 12.1 Å². The van der Waals surface area contributed by atoms with Crippen LogP contribution in [0.15, 0.2) is 64.1 Å². The number of halogens is 5. The Kier molecular flexibility index (Phi) is 8.78.